The summed E-state index contributed by atoms with van der Waals surface area (Å²) in [7, 11) is 0. The number of aliphatic hydroxyl groups is 2. The van der Waals surface area contributed by atoms with Gasteiger partial charge in [0.25, 0.3) is 0 Å². The van der Waals surface area contributed by atoms with Crippen LogP contribution in [0.4, 0.5) is 0 Å². The summed E-state index contributed by atoms with van der Waals surface area (Å²) in [6.07, 6.45) is 22.9. The second-order valence-electron chi connectivity index (χ2n) is 3.87. The zero-order valence-electron chi connectivity index (χ0n) is 11.9. The van der Waals surface area contributed by atoms with Gasteiger partial charge in [0.2, 0.25) is 0 Å². The van der Waals surface area contributed by atoms with E-state index in [0.717, 1.165) is 6.42 Å². The summed E-state index contributed by atoms with van der Waals surface area (Å²) >= 11 is 0. The Morgan fingerprint density at radius 3 is 1.85 bits per heavy atom. The zero-order valence-corrected chi connectivity index (χ0v) is 11.9. The Morgan fingerprint density at radius 1 is 0.850 bits per heavy atom. The van der Waals surface area contributed by atoms with Crippen molar-refractivity contribution in [2.24, 2.45) is 0 Å². The van der Waals surface area contributed by atoms with E-state index in [4.69, 9.17) is 14.9 Å². The summed E-state index contributed by atoms with van der Waals surface area (Å²) < 4.78 is 4.98. The van der Waals surface area contributed by atoms with Crippen molar-refractivity contribution in [2.75, 3.05) is 13.2 Å². The summed E-state index contributed by atoms with van der Waals surface area (Å²) in [6.45, 7) is 1.91. The maximum absolute atomic E-state index is 8.99. The largest absolute Gasteiger partial charge is 0.498 e. The Balaban J connectivity index is 3.70. The van der Waals surface area contributed by atoms with Crippen molar-refractivity contribution in [3.05, 3.63) is 73.1 Å². The summed E-state index contributed by atoms with van der Waals surface area (Å²) in [5, 5.41) is 17.5. The minimum atomic E-state index is -0.825. The van der Waals surface area contributed by atoms with Crippen LogP contribution in [-0.2, 0) is 4.74 Å². The van der Waals surface area contributed by atoms with Crippen LogP contribution in [0, 0.1) is 0 Å². The van der Waals surface area contributed by atoms with Gasteiger partial charge in [-0.25, -0.2) is 0 Å². The minimum Gasteiger partial charge on any atom is -0.498 e. The lowest BCUT2D eigenvalue weighted by atomic mass is 10.3. The van der Waals surface area contributed by atoms with Crippen molar-refractivity contribution < 1.29 is 14.9 Å². The van der Waals surface area contributed by atoms with Gasteiger partial charge < -0.3 is 14.9 Å². The molecule has 110 valence electrons. The van der Waals surface area contributed by atoms with E-state index in [1.165, 1.54) is 6.26 Å². The van der Waals surface area contributed by atoms with Crippen LogP contribution in [-0.4, -0.2) is 29.5 Å². The van der Waals surface area contributed by atoms with Crippen LogP contribution in [0.1, 0.15) is 13.3 Å². The Kier molecular flexibility index (Phi) is 13.8. The first-order valence-corrected chi connectivity index (χ1v) is 6.70. The SMILES string of the molecule is CC/C=C/C=C/C=C/C=C/C=C/C=C\OCC(O)CO. The lowest BCUT2D eigenvalue weighted by Gasteiger charge is -2.04. The van der Waals surface area contributed by atoms with Crippen molar-refractivity contribution in [2.45, 2.75) is 19.4 Å². The first-order chi connectivity index (χ1) is 9.81. The van der Waals surface area contributed by atoms with Gasteiger partial charge in [-0.05, 0) is 12.5 Å². The van der Waals surface area contributed by atoms with Gasteiger partial charge >= 0.3 is 0 Å². The van der Waals surface area contributed by atoms with Gasteiger partial charge in [0.05, 0.1) is 12.9 Å². The van der Waals surface area contributed by atoms with Crippen LogP contribution in [0.2, 0.25) is 0 Å². The molecular formula is C17H24O3. The normalized spacial score (nSPS) is 14.9. The average Bonchev–Trinajstić information content (AvgIpc) is 2.47. The maximum atomic E-state index is 8.99. The highest BCUT2D eigenvalue weighted by molar-refractivity contribution is 5.19. The predicted molar refractivity (Wildman–Crippen MR) is 84.2 cm³/mol. The molecule has 0 aromatic heterocycles. The van der Waals surface area contributed by atoms with Gasteiger partial charge in [0.1, 0.15) is 12.7 Å². The van der Waals surface area contributed by atoms with Gasteiger partial charge in [0, 0.05) is 0 Å². The van der Waals surface area contributed by atoms with Crippen molar-refractivity contribution in [1.82, 2.24) is 0 Å². The van der Waals surface area contributed by atoms with Gasteiger partial charge in [-0.15, -0.1) is 0 Å². The van der Waals surface area contributed by atoms with Gasteiger partial charge in [-0.3, -0.25) is 0 Å². The molecule has 0 spiro atoms. The quantitative estimate of drug-likeness (QED) is 0.476. The van der Waals surface area contributed by atoms with Gasteiger partial charge in [-0.2, -0.15) is 0 Å². The molecule has 3 heteroatoms. The Bertz CT molecular complexity index is 374. The van der Waals surface area contributed by atoms with Gasteiger partial charge in [0.15, 0.2) is 0 Å². The van der Waals surface area contributed by atoms with Crippen molar-refractivity contribution >= 4 is 0 Å². The number of hydrogen-bond acceptors (Lipinski definition) is 3. The van der Waals surface area contributed by atoms with E-state index >= 15 is 0 Å². The summed E-state index contributed by atoms with van der Waals surface area (Å²) in [5.74, 6) is 0. The number of ether oxygens (including phenoxy) is 1. The molecule has 0 radical (unpaired) electrons. The molecule has 0 aliphatic carbocycles. The summed E-state index contributed by atoms with van der Waals surface area (Å²) in [4.78, 5) is 0. The molecule has 0 aliphatic rings. The van der Waals surface area contributed by atoms with E-state index in [-0.39, 0.29) is 13.2 Å². The third-order valence-electron chi connectivity index (χ3n) is 2.05. The number of allylic oxidation sites excluding steroid dienone is 11. The molecular weight excluding hydrogens is 252 g/mol. The molecule has 0 fully saturated rings. The van der Waals surface area contributed by atoms with Crippen LogP contribution in [0.5, 0.6) is 0 Å². The summed E-state index contributed by atoms with van der Waals surface area (Å²) in [5.41, 5.74) is 0. The fraction of sp³-hybridized carbons (Fsp3) is 0.294. The molecule has 1 unspecified atom stereocenters. The first-order valence-electron chi connectivity index (χ1n) is 6.70. The summed E-state index contributed by atoms with van der Waals surface area (Å²) in [6, 6.07) is 0. The number of aliphatic hydroxyl groups excluding tert-OH is 2. The van der Waals surface area contributed by atoms with E-state index in [1.807, 2.05) is 54.7 Å². The highest BCUT2D eigenvalue weighted by Crippen LogP contribution is 1.88. The monoisotopic (exact) mass is 276 g/mol. The van der Waals surface area contributed by atoms with Crippen LogP contribution < -0.4 is 0 Å². The molecule has 3 nitrogen and oxygen atoms in total. The molecule has 1 atom stereocenters. The first kappa shape index (κ1) is 18.2. The van der Waals surface area contributed by atoms with Crippen molar-refractivity contribution in [1.29, 1.82) is 0 Å². The molecule has 0 saturated carbocycles. The molecule has 0 aromatic rings. The fourth-order valence-corrected chi connectivity index (χ4v) is 1.05. The number of rotatable bonds is 10. The van der Waals surface area contributed by atoms with Crippen molar-refractivity contribution in [3.63, 3.8) is 0 Å². The highest BCUT2D eigenvalue weighted by Gasteiger charge is 1.98. The zero-order chi connectivity index (χ0) is 14.9. The topological polar surface area (TPSA) is 49.7 Å². The third-order valence-corrected chi connectivity index (χ3v) is 2.05. The lowest BCUT2D eigenvalue weighted by Crippen LogP contribution is -2.17. The Labute approximate surface area is 121 Å². The fourth-order valence-electron chi connectivity index (χ4n) is 1.05. The predicted octanol–water partition coefficient (Wildman–Crippen LogP) is 3.06. The molecule has 0 aliphatic heterocycles. The van der Waals surface area contributed by atoms with Crippen LogP contribution in [0.25, 0.3) is 0 Å². The van der Waals surface area contributed by atoms with E-state index in [0.29, 0.717) is 0 Å². The van der Waals surface area contributed by atoms with Crippen LogP contribution in [0.3, 0.4) is 0 Å². The van der Waals surface area contributed by atoms with E-state index in [2.05, 4.69) is 13.0 Å². The molecule has 0 saturated heterocycles. The van der Waals surface area contributed by atoms with Crippen LogP contribution in [0.15, 0.2) is 73.1 Å². The second kappa shape index (κ2) is 15.2. The second-order valence-corrected chi connectivity index (χ2v) is 3.87. The smallest absolute Gasteiger partial charge is 0.115 e. The highest BCUT2D eigenvalue weighted by atomic mass is 16.5. The van der Waals surface area contributed by atoms with E-state index < -0.39 is 6.10 Å². The van der Waals surface area contributed by atoms with Crippen LogP contribution >= 0.6 is 0 Å². The van der Waals surface area contributed by atoms with Crippen molar-refractivity contribution in [3.8, 4) is 0 Å². The molecule has 20 heavy (non-hydrogen) atoms. The Hall–Kier alpha value is -1.84. The molecule has 0 heterocycles. The molecule has 0 aromatic carbocycles. The van der Waals surface area contributed by atoms with Gasteiger partial charge in [-0.1, -0.05) is 67.7 Å². The molecule has 0 bridgehead atoms. The molecule has 0 rings (SSSR count). The van der Waals surface area contributed by atoms with E-state index in [9.17, 15) is 0 Å². The molecule has 2 N–H and O–H groups in total. The Morgan fingerprint density at radius 2 is 1.35 bits per heavy atom. The minimum absolute atomic E-state index is 0.0955. The maximum Gasteiger partial charge on any atom is 0.115 e. The number of hydrogen-bond donors (Lipinski definition) is 2. The average molecular weight is 276 g/mol. The third kappa shape index (κ3) is 14.2. The standard InChI is InChI=1S/C17H24O3/c1-2-3-4-5-6-7-8-9-10-11-12-13-14-20-16-17(19)15-18/h3-14,17-19H,2,15-16H2,1H3/b4-3+,6-5+,8-7+,10-9+,12-11+,14-13-. The molecule has 0 amide bonds. The van der Waals surface area contributed by atoms with E-state index in [1.54, 1.807) is 6.08 Å². The lowest BCUT2D eigenvalue weighted by molar-refractivity contribution is 0.0384.